The van der Waals surface area contributed by atoms with Crippen LogP contribution in [0, 0.1) is 16.5 Å². The summed E-state index contributed by atoms with van der Waals surface area (Å²) in [6, 6.07) is 6.53. The van der Waals surface area contributed by atoms with E-state index >= 15 is 0 Å². The molecule has 0 aliphatic rings. The van der Waals surface area contributed by atoms with Crippen LogP contribution in [-0.4, -0.2) is 11.8 Å². The van der Waals surface area contributed by atoms with Gasteiger partial charge in [0.15, 0.2) is 5.69 Å². The zero-order valence-electron chi connectivity index (χ0n) is 11.6. The van der Waals surface area contributed by atoms with Crippen LogP contribution in [0.3, 0.4) is 0 Å². The van der Waals surface area contributed by atoms with Crippen molar-refractivity contribution in [3.05, 3.63) is 29.5 Å². The van der Waals surface area contributed by atoms with Gasteiger partial charge in [-0.15, -0.1) is 0 Å². The van der Waals surface area contributed by atoms with Crippen molar-refractivity contribution in [1.29, 1.82) is 0 Å². The van der Waals surface area contributed by atoms with E-state index in [0.717, 1.165) is 12.2 Å². The molecule has 0 saturated carbocycles. The normalized spacial score (nSPS) is 15.2. The summed E-state index contributed by atoms with van der Waals surface area (Å²) in [5.41, 5.74) is 0.584. The highest BCUT2D eigenvalue weighted by atomic mass is 16.8. The third-order valence-electron chi connectivity index (χ3n) is 2.60. The molecule has 0 saturated heterocycles. The molecule has 102 valence electrons. The summed E-state index contributed by atoms with van der Waals surface area (Å²) in [5.74, 6) is 1.20. The van der Waals surface area contributed by atoms with Crippen molar-refractivity contribution in [1.82, 2.24) is 0 Å². The average molecular weight is 253 g/mol. The molecule has 0 spiro atoms. The van der Waals surface area contributed by atoms with E-state index in [1.54, 1.807) is 24.3 Å². The van der Waals surface area contributed by atoms with Gasteiger partial charge in [-0.1, -0.05) is 27.7 Å². The second-order valence-electron chi connectivity index (χ2n) is 6.01. The molecule has 18 heavy (non-hydrogen) atoms. The molecule has 0 bridgehead atoms. The van der Waals surface area contributed by atoms with E-state index in [0.29, 0.717) is 17.9 Å². The summed E-state index contributed by atoms with van der Waals surface area (Å²) < 4.78 is 5.66. The van der Waals surface area contributed by atoms with Crippen LogP contribution >= 0.6 is 0 Å². The highest BCUT2D eigenvalue weighted by Crippen LogP contribution is 2.24. The minimum atomic E-state index is -0.914. The van der Waals surface area contributed by atoms with Crippen LogP contribution in [0.25, 0.3) is 0 Å². The fourth-order valence-corrected chi connectivity index (χ4v) is 2.04. The summed E-state index contributed by atoms with van der Waals surface area (Å²) in [6.07, 6.45) is 1.10. The Morgan fingerprint density at radius 3 is 2.28 bits per heavy atom. The average Bonchev–Trinajstić information content (AvgIpc) is 2.24. The van der Waals surface area contributed by atoms with Gasteiger partial charge >= 0.3 is 0 Å². The van der Waals surface area contributed by atoms with E-state index in [1.165, 1.54) is 0 Å². The molecule has 0 aromatic heterocycles. The Kier molecular flexibility index (Phi) is 5.14. The summed E-state index contributed by atoms with van der Waals surface area (Å²) in [4.78, 5) is 0. The van der Waals surface area contributed by atoms with Gasteiger partial charge in [-0.2, -0.15) is 5.23 Å². The largest absolute Gasteiger partial charge is 0.595 e. The molecule has 1 aromatic carbocycles. The molecule has 1 unspecified atom stereocenters. The smallest absolute Gasteiger partial charge is 0.164 e. The Balaban J connectivity index is 2.44. The monoisotopic (exact) mass is 253 g/mol. The lowest BCUT2D eigenvalue weighted by Crippen LogP contribution is -2.99. The molecule has 0 fully saturated rings. The van der Waals surface area contributed by atoms with Crippen molar-refractivity contribution in [3.63, 3.8) is 0 Å². The van der Waals surface area contributed by atoms with Crippen LogP contribution in [0.1, 0.15) is 34.1 Å². The molecule has 0 aliphatic carbocycles. The van der Waals surface area contributed by atoms with Crippen molar-refractivity contribution in [2.45, 2.75) is 34.1 Å². The molecule has 1 aromatic rings. The van der Waals surface area contributed by atoms with E-state index < -0.39 is 5.23 Å². The lowest BCUT2D eigenvalue weighted by atomic mass is 9.86. The SMILES string of the molecule is C[C@@H](COc1ccc([NH+]([O-])O)cc1)CC(C)(C)C. The molecular weight excluding hydrogens is 230 g/mol. The minimum absolute atomic E-state index is 0.282. The number of quaternary nitrogens is 1. The fourth-order valence-electron chi connectivity index (χ4n) is 2.04. The van der Waals surface area contributed by atoms with Gasteiger partial charge in [0, 0.05) is 12.1 Å². The van der Waals surface area contributed by atoms with Crippen LogP contribution in [0.4, 0.5) is 5.69 Å². The molecule has 4 heteroatoms. The number of ether oxygens (including phenoxy) is 1. The number of nitrogens with one attached hydrogen (secondary N) is 1. The summed E-state index contributed by atoms with van der Waals surface area (Å²) in [5, 5.41) is 18.6. The van der Waals surface area contributed by atoms with E-state index in [2.05, 4.69) is 27.7 Å². The van der Waals surface area contributed by atoms with Gasteiger partial charge in [0.05, 0.1) is 6.61 Å². The van der Waals surface area contributed by atoms with Crippen LogP contribution in [0.2, 0.25) is 0 Å². The van der Waals surface area contributed by atoms with Gasteiger partial charge in [0.25, 0.3) is 0 Å². The molecule has 2 atom stereocenters. The van der Waals surface area contributed by atoms with Gasteiger partial charge in [-0.05, 0) is 29.9 Å². The molecule has 0 radical (unpaired) electrons. The zero-order chi connectivity index (χ0) is 13.8. The van der Waals surface area contributed by atoms with Crippen molar-refractivity contribution in [2.75, 3.05) is 6.61 Å². The van der Waals surface area contributed by atoms with E-state index in [4.69, 9.17) is 9.94 Å². The number of hydrogen-bond donors (Lipinski definition) is 2. The van der Waals surface area contributed by atoms with Gasteiger partial charge in [0.1, 0.15) is 5.75 Å². The quantitative estimate of drug-likeness (QED) is 0.793. The predicted molar refractivity (Wildman–Crippen MR) is 70.9 cm³/mol. The first kappa shape index (κ1) is 15.0. The van der Waals surface area contributed by atoms with Gasteiger partial charge in [0.2, 0.25) is 0 Å². The highest BCUT2D eigenvalue weighted by molar-refractivity contribution is 5.35. The first-order valence-electron chi connectivity index (χ1n) is 6.24. The van der Waals surface area contributed by atoms with Crippen LogP contribution < -0.4 is 9.96 Å². The Labute approximate surface area is 109 Å². The lowest BCUT2D eigenvalue weighted by Gasteiger charge is -2.23. The second kappa shape index (κ2) is 6.18. The Bertz CT molecular complexity index is 354. The Morgan fingerprint density at radius 2 is 1.83 bits per heavy atom. The van der Waals surface area contributed by atoms with Crippen molar-refractivity contribution in [2.24, 2.45) is 11.3 Å². The van der Waals surface area contributed by atoms with Crippen LogP contribution in [-0.2, 0) is 0 Å². The number of rotatable bonds is 5. The fraction of sp³-hybridized carbons (Fsp3) is 0.571. The topological polar surface area (TPSA) is 57.0 Å². The standard InChI is InChI=1S/C14H23NO3/c1-11(9-14(2,3)4)10-18-13-7-5-12(6-8-13)15(16)17/h5-8,11,15-16H,9-10H2,1-4H3/t11-/m1/s1. The third-order valence-corrected chi connectivity index (χ3v) is 2.60. The van der Waals surface area contributed by atoms with Gasteiger partial charge < -0.3 is 9.94 Å². The Hall–Kier alpha value is -1.10. The third kappa shape index (κ3) is 5.49. The zero-order valence-corrected chi connectivity index (χ0v) is 11.6. The molecular formula is C14H23NO3. The maximum absolute atomic E-state index is 10.7. The van der Waals surface area contributed by atoms with Crippen molar-refractivity contribution in [3.8, 4) is 5.75 Å². The summed E-state index contributed by atoms with van der Waals surface area (Å²) in [6.45, 7) is 9.46. The molecule has 2 N–H and O–H groups in total. The maximum Gasteiger partial charge on any atom is 0.164 e. The minimum Gasteiger partial charge on any atom is -0.595 e. The molecule has 1 rings (SSSR count). The summed E-state index contributed by atoms with van der Waals surface area (Å²) in [7, 11) is 0. The van der Waals surface area contributed by atoms with Gasteiger partial charge in [-0.25, -0.2) is 5.21 Å². The Morgan fingerprint density at radius 1 is 1.28 bits per heavy atom. The first-order chi connectivity index (χ1) is 8.28. The molecule has 0 aliphatic heterocycles. The predicted octanol–water partition coefficient (Wildman–Crippen LogP) is 2.54. The van der Waals surface area contributed by atoms with Crippen LogP contribution in [0.15, 0.2) is 24.3 Å². The molecule has 0 amide bonds. The van der Waals surface area contributed by atoms with Crippen molar-refractivity contribution < 1.29 is 15.2 Å². The van der Waals surface area contributed by atoms with E-state index in [9.17, 15) is 5.21 Å². The van der Waals surface area contributed by atoms with E-state index in [-0.39, 0.29) is 5.69 Å². The second-order valence-corrected chi connectivity index (χ2v) is 6.01. The molecule has 0 heterocycles. The van der Waals surface area contributed by atoms with Crippen LogP contribution in [0.5, 0.6) is 5.75 Å². The first-order valence-corrected chi connectivity index (χ1v) is 6.24. The van der Waals surface area contributed by atoms with E-state index in [1.807, 2.05) is 0 Å². The maximum atomic E-state index is 10.7. The van der Waals surface area contributed by atoms with Gasteiger partial charge in [-0.3, -0.25) is 0 Å². The highest BCUT2D eigenvalue weighted by Gasteiger charge is 2.15. The lowest BCUT2D eigenvalue weighted by molar-refractivity contribution is -0.991. The number of benzene rings is 1. The number of hydrogen-bond acceptors (Lipinski definition) is 3. The van der Waals surface area contributed by atoms with Crippen molar-refractivity contribution >= 4 is 5.69 Å². The summed E-state index contributed by atoms with van der Waals surface area (Å²) >= 11 is 0. The molecule has 4 nitrogen and oxygen atoms in total.